The zero-order valence-corrected chi connectivity index (χ0v) is 20.4. The summed E-state index contributed by atoms with van der Waals surface area (Å²) in [6.07, 6.45) is 12.0. The number of thiophene rings is 1. The Morgan fingerprint density at radius 1 is 1.34 bits per heavy atom. The van der Waals surface area contributed by atoms with Crippen LogP contribution in [0.25, 0.3) is 0 Å². The van der Waals surface area contributed by atoms with E-state index in [1.807, 2.05) is 17.5 Å². The van der Waals surface area contributed by atoms with Crippen LogP contribution in [-0.2, 0) is 0 Å². The summed E-state index contributed by atoms with van der Waals surface area (Å²) in [6, 6.07) is 3.90. The third kappa shape index (κ3) is 4.73. The normalized spacial score (nSPS) is 36.4. The molecule has 3 saturated carbocycles. The summed E-state index contributed by atoms with van der Waals surface area (Å²) >= 11 is 1.55. The van der Waals surface area contributed by atoms with Crippen molar-refractivity contribution in [3.05, 3.63) is 57.8 Å². The number of aliphatic hydroxyl groups is 2. The van der Waals surface area contributed by atoms with Crippen LogP contribution in [0.5, 0.6) is 0 Å². The Morgan fingerprint density at radius 3 is 2.91 bits per heavy atom. The number of carbonyl (C=O) groups excluding carboxylic acids is 1. The maximum absolute atomic E-state index is 12.5. The fraction of sp³-hybridized carbons (Fsp3) is 0.607. The van der Waals surface area contributed by atoms with Gasteiger partial charge >= 0.3 is 0 Å². The average Bonchev–Trinajstić information content (AvgIpc) is 3.41. The summed E-state index contributed by atoms with van der Waals surface area (Å²) in [5, 5.41) is 22.2. The van der Waals surface area contributed by atoms with Gasteiger partial charge in [0.1, 0.15) is 0 Å². The van der Waals surface area contributed by atoms with Crippen LogP contribution < -0.4 is 0 Å². The standard InChI is InChI=1S/C28H38O3S/c1-18(8-13-25(30)27-7-5-15-32-27)23-11-12-24-20(6-4-14-28(23,24)3)9-10-21-16-22(29)17-26(31)19(21)2/h5,7,9-10,15,18,22-24,26,29,31H,2,4,6,8,11-14,16-17H2,1,3H3/b20-9+,21-10-/t18-,22-,23-,24+,26+,28-/m1/s1. The second kappa shape index (κ2) is 9.79. The van der Waals surface area contributed by atoms with E-state index in [1.165, 1.54) is 31.3 Å². The molecule has 0 radical (unpaired) electrons. The van der Waals surface area contributed by atoms with E-state index in [2.05, 4.69) is 32.6 Å². The summed E-state index contributed by atoms with van der Waals surface area (Å²) in [5.74, 6) is 2.10. The highest BCUT2D eigenvalue weighted by Gasteiger charge is 2.50. The van der Waals surface area contributed by atoms with Crippen molar-refractivity contribution in [2.24, 2.45) is 23.2 Å². The van der Waals surface area contributed by atoms with Crippen LogP contribution in [0, 0.1) is 23.2 Å². The largest absolute Gasteiger partial charge is 0.393 e. The Morgan fingerprint density at radius 2 is 2.16 bits per heavy atom. The van der Waals surface area contributed by atoms with Crippen molar-refractivity contribution < 1.29 is 15.0 Å². The zero-order chi connectivity index (χ0) is 22.9. The van der Waals surface area contributed by atoms with Gasteiger partial charge in [0.25, 0.3) is 0 Å². The van der Waals surface area contributed by atoms with Crippen LogP contribution >= 0.6 is 11.3 Å². The van der Waals surface area contributed by atoms with Crippen LogP contribution in [0.15, 0.2) is 53.0 Å². The van der Waals surface area contributed by atoms with Crippen LogP contribution in [0.1, 0.15) is 81.3 Å². The number of aliphatic hydroxyl groups excluding tert-OH is 2. The quantitative estimate of drug-likeness (QED) is 0.483. The van der Waals surface area contributed by atoms with E-state index in [0.29, 0.717) is 48.2 Å². The van der Waals surface area contributed by atoms with Gasteiger partial charge in [-0.1, -0.05) is 44.2 Å². The minimum absolute atomic E-state index is 0.291. The van der Waals surface area contributed by atoms with Crippen molar-refractivity contribution in [3.63, 3.8) is 0 Å². The predicted octanol–water partition coefficient (Wildman–Crippen LogP) is 6.49. The number of fused-ring (bicyclic) bond motifs is 1. The Hall–Kier alpha value is -1.49. The first-order valence-electron chi connectivity index (χ1n) is 12.3. The summed E-state index contributed by atoms with van der Waals surface area (Å²) in [5.41, 5.74) is 3.58. The molecular formula is C28H38O3S. The summed E-state index contributed by atoms with van der Waals surface area (Å²) in [6.45, 7) is 8.90. The highest BCUT2D eigenvalue weighted by atomic mass is 32.1. The number of rotatable bonds is 6. The molecule has 2 N–H and O–H groups in total. The molecule has 0 unspecified atom stereocenters. The van der Waals surface area contributed by atoms with Gasteiger partial charge in [-0.3, -0.25) is 4.79 Å². The van der Waals surface area contributed by atoms with Gasteiger partial charge in [-0.05, 0) is 90.7 Å². The van der Waals surface area contributed by atoms with E-state index in [9.17, 15) is 15.0 Å². The van der Waals surface area contributed by atoms with Crippen molar-refractivity contribution in [1.29, 1.82) is 0 Å². The Labute approximate surface area is 196 Å². The molecule has 0 saturated heterocycles. The average molecular weight is 455 g/mol. The van der Waals surface area contributed by atoms with Crippen molar-refractivity contribution in [2.45, 2.75) is 83.8 Å². The van der Waals surface area contributed by atoms with E-state index >= 15 is 0 Å². The second-order valence-electron chi connectivity index (χ2n) is 10.6. The number of carbonyl (C=O) groups is 1. The highest BCUT2D eigenvalue weighted by Crippen LogP contribution is 2.59. The fourth-order valence-electron chi connectivity index (χ4n) is 6.80. The number of hydrogen-bond donors (Lipinski definition) is 2. The molecule has 0 bridgehead atoms. The second-order valence-corrected chi connectivity index (χ2v) is 11.5. The maximum atomic E-state index is 12.5. The Balaban J connectivity index is 1.44. The van der Waals surface area contributed by atoms with Gasteiger partial charge in [-0.15, -0.1) is 11.3 Å². The molecule has 3 nitrogen and oxygen atoms in total. The lowest BCUT2D eigenvalue weighted by Crippen LogP contribution is -2.36. The van der Waals surface area contributed by atoms with E-state index in [4.69, 9.17) is 0 Å². The van der Waals surface area contributed by atoms with Gasteiger partial charge in [0.2, 0.25) is 0 Å². The van der Waals surface area contributed by atoms with E-state index < -0.39 is 12.2 Å². The Kier molecular flexibility index (Phi) is 7.24. The summed E-state index contributed by atoms with van der Waals surface area (Å²) in [7, 11) is 0. The topological polar surface area (TPSA) is 57.5 Å². The highest BCUT2D eigenvalue weighted by molar-refractivity contribution is 7.12. The first-order valence-corrected chi connectivity index (χ1v) is 13.2. The third-order valence-electron chi connectivity index (χ3n) is 8.61. The molecule has 3 aliphatic rings. The van der Waals surface area contributed by atoms with E-state index in [0.717, 1.165) is 28.9 Å². The molecule has 1 aromatic heterocycles. The molecule has 4 heteroatoms. The molecular weight excluding hydrogens is 416 g/mol. The molecule has 1 heterocycles. The predicted molar refractivity (Wildman–Crippen MR) is 132 cm³/mol. The van der Waals surface area contributed by atoms with Gasteiger partial charge in [0, 0.05) is 12.8 Å². The smallest absolute Gasteiger partial charge is 0.172 e. The zero-order valence-electron chi connectivity index (χ0n) is 19.6. The summed E-state index contributed by atoms with van der Waals surface area (Å²) in [4.78, 5) is 13.4. The molecule has 0 amide bonds. The summed E-state index contributed by atoms with van der Waals surface area (Å²) < 4.78 is 0. The molecule has 1 aromatic rings. The molecule has 0 aliphatic heterocycles. The Bertz CT molecular complexity index is 896. The van der Waals surface area contributed by atoms with Crippen molar-refractivity contribution in [3.8, 4) is 0 Å². The van der Waals surface area contributed by atoms with Gasteiger partial charge in [0.15, 0.2) is 5.78 Å². The molecule has 174 valence electrons. The SMILES string of the molecule is C=C1/C(=C\C=C2/CCC[C@]3(C)[C@@H]([C@H](C)CCC(=O)c4cccs4)CC[C@@H]23)C[C@@H](O)C[C@@H]1O. The minimum Gasteiger partial charge on any atom is -0.393 e. The maximum Gasteiger partial charge on any atom is 0.172 e. The van der Waals surface area contributed by atoms with Crippen molar-refractivity contribution in [2.75, 3.05) is 0 Å². The lowest BCUT2D eigenvalue weighted by Gasteiger charge is -2.44. The van der Waals surface area contributed by atoms with Crippen LogP contribution in [0.2, 0.25) is 0 Å². The fourth-order valence-corrected chi connectivity index (χ4v) is 7.49. The first-order chi connectivity index (χ1) is 15.3. The first kappa shape index (κ1) is 23.7. The molecule has 4 rings (SSSR count). The van der Waals surface area contributed by atoms with Crippen molar-refractivity contribution >= 4 is 17.1 Å². The van der Waals surface area contributed by atoms with Crippen LogP contribution in [-0.4, -0.2) is 28.2 Å². The number of allylic oxidation sites excluding steroid dienone is 3. The number of ketones is 1. The monoisotopic (exact) mass is 454 g/mol. The van der Waals surface area contributed by atoms with Gasteiger partial charge < -0.3 is 10.2 Å². The van der Waals surface area contributed by atoms with Crippen LogP contribution in [0.4, 0.5) is 0 Å². The third-order valence-corrected chi connectivity index (χ3v) is 9.52. The number of Topliss-reactive ketones (excluding diaryl/α,β-unsaturated/α-hetero) is 1. The molecule has 3 aliphatic carbocycles. The van der Waals surface area contributed by atoms with Gasteiger partial charge in [-0.25, -0.2) is 0 Å². The molecule has 3 fully saturated rings. The van der Waals surface area contributed by atoms with Crippen molar-refractivity contribution in [1.82, 2.24) is 0 Å². The molecule has 0 aromatic carbocycles. The van der Waals surface area contributed by atoms with Gasteiger partial charge in [-0.2, -0.15) is 0 Å². The lowest BCUT2D eigenvalue weighted by atomic mass is 9.60. The molecule has 32 heavy (non-hydrogen) atoms. The lowest BCUT2D eigenvalue weighted by molar-refractivity contribution is 0.0856. The minimum atomic E-state index is -0.631. The van der Waals surface area contributed by atoms with Crippen LogP contribution in [0.3, 0.4) is 0 Å². The molecule has 6 atom stereocenters. The van der Waals surface area contributed by atoms with E-state index in [-0.39, 0.29) is 0 Å². The molecule has 0 spiro atoms. The van der Waals surface area contributed by atoms with E-state index in [1.54, 1.807) is 11.3 Å². The van der Waals surface area contributed by atoms with Gasteiger partial charge in [0.05, 0.1) is 17.1 Å². The number of hydrogen-bond acceptors (Lipinski definition) is 4.